The summed E-state index contributed by atoms with van der Waals surface area (Å²) in [7, 11) is 3.26. The number of hydrogen-bond donors (Lipinski definition) is 4. The second-order valence-corrected chi connectivity index (χ2v) is 6.93. The summed E-state index contributed by atoms with van der Waals surface area (Å²) in [6.45, 7) is 0.944. The molecule has 174 valence electrons. The number of halogens is 1. The van der Waals surface area contributed by atoms with E-state index in [9.17, 15) is 0 Å². The molecule has 0 spiro atoms. The number of hydrogen-bond acceptors (Lipinski definition) is 4. The Bertz CT molecular complexity index is 965. The Morgan fingerprint density at radius 3 is 1.27 bits per heavy atom. The number of nitrogens with one attached hydrogen (secondary N) is 2. The van der Waals surface area contributed by atoms with Crippen LogP contribution in [0.15, 0.2) is 82.8 Å². The Kier molecular flexibility index (Phi) is 10.3. The molecule has 33 heavy (non-hydrogen) atoms. The van der Waals surface area contributed by atoms with E-state index in [4.69, 9.17) is 20.9 Å². The number of aliphatic imine (C=N–C) groups is 2. The summed E-state index contributed by atoms with van der Waals surface area (Å²) in [5.41, 5.74) is 15.7. The van der Waals surface area contributed by atoms with E-state index in [2.05, 4.69) is 20.6 Å². The molecule has 0 heterocycles. The average molecular weight is 560 g/mol. The third-order valence-electron chi connectivity index (χ3n) is 4.61. The topological polar surface area (TPSA) is 119 Å². The van der Waals surface area contributed by atoms with E-state index in [1.165, 1.54) is 0 Å². The van der Waals surface area contributed by atoms with Crippen molar-refractivity contribution >= 4 is 47.3 Å². The van der Waals surface area contributed by atoms with Gasteiger partial charge >= 0.3 is 0 Å². The zero-order chi connectivity index (χ0) is 22.8. The summed E-state index contributed by atoms with van der Waals surface area (Å²) in [5, 5.41) is 6.12. The number of nitrogens with two attached hydrogens (primary N) is 2. The number of methoxy groups -OCH3 is 2. The largest absolute Gasteiger partial charge is 0.497 e. The van der Waals surface area contributed by atoms with E-state index < -0.39 is 0 Å². The number of rotatable bonds is 8. The molecule has 0 unspecified atom stereocenters. The predicted molar refractivity (Wildman–Crippen MR) is 146 cm³/mol. The normalized spacial score (nSPS) is 11.3. The van der Waals surface area contributed by atoms with Crippen molar-refractivity contribution in [2.24, 2.45) is 21.5 Å². The highest BCUT2D eigenvalue weighted by molar-refractivity contribution is 14.0. The summed E-state index contributed by atoms with van der Waals surface area (Å²) in [4.78, 5) is 8.76. The first-order chi connectivity index (χ1) is 15.6. The Hall–Kier alpha value is -3.47. The van der Waals surface area contributed by atoms with Crippen molar-refractivity contribution in [3.8, 4) is 11.5 Å². The minimum atomic E-state index is 0. The van der Waals surface area contributed by atoms with Crippen LogP contribution in [-0.2, 0) is 13.1 Å². The molecule has 0 aliphatic heterocycles. The summed E-state index contributed by atoms with van der Waals surface area (Å²) in [6, 6.07) is 23.0. The van der Waals surface area contributed by atoms with Crippen LogP contribution in [0.5, 0.6) is 11.5 Å². The van der Waals surface area contributed by atoms with Crippen molar-refractivity contribution in [2.75, 3.05) is 24.9 Å². The molecule has 0 aliphatic rings. The monoisotopic (exact) mass is 560 g/mol. The molecule has 0 atom stereocenters. The lowest BCUT2D eigenvalue weighted by Crippen LogP contribution is -2.22. The van der Waals surface area contributed by atoms with Crippen LogP contribution in [0.1, 0.15) is 11.1 Å². The van der Waals surface area contributed by atoms with E-state index in [1.54, 1.807) is 14.2 Å². The quantitative estimate of drug-likeness (QED) is 0.187. The third-order valence-corrected chi connectivity index (χ3v) is 4.61. The maximum Gasteiger partial charge on any atom is 0.193 e. The molecule has 3 aromatic rings. The molecule has 0 fully saturated rings. The highest BCUT2D eigenvalue weighted by atomic mass is 127. The molecule has 0 bridgehead atoms. The maximum absolute atomic E-state index is 5.98. The minimum absolute atomic E-state index is 0. The molecule has 6 N–H and O–H groups in total. The molecule has 0 saturated heterocycles. The Balaban J connectivity index is 0.00000385. The van der Waals surface area contributed by atoms with Crippen molar-refractivity contribution in [3.05, 3.63) is 83.9 Å². The van der Waals surface area contributed by atoms with Crippen LogP contribution in [0.3, 0.4) is 0 Å². The Morgan fingerprint density at radius 2 is 0.970 bits per heavy atom. The van der Waals surface area contributed by atoms with Gasteiger partial charge in [0.1, 0.15) is 11.5 Å². The van der Waals surface area contributed by atoms with Crippen molar-refractivity contribution in [1.29, 1.82) is 0 Å². The second kappa shape index (κ2) is 13.2. The van der Waals surface area contributed by atoms with Crippen LogP contribution in [0, 0.1) is 0 Å². The SMILES string of the molecule is COc1ccc(NC(N)=NCc2ccc(CN=C(N)Nc3ccc(OC)cc3)cc2)cc1.I. The molecule has 9 heteroatoms. The van der Waals surface area contributed by atoms with Crippen molar-refractivity contribution in [3.63, 3.8) is 0 Å². The Labute approximate surface area is 211 Å². The lowest BCUT2D eigenvalue weighted by molar-refractivity contribution is 0.415. The molecule has 0 radical (unpaired) electrons. The fourth-order valence-electron chi connectivity index (χ4n) is 2.83. The first-order valence-electron chi connectivity index (χ1n) is 10.1. The molecular formula is C24H29IN6O2. The first kappa shape index (κ1) is 25.8. The summed E-state index contributed by atoms with van der Waals surface area (Å²) >= 11 is 0. The number of anilines is 2. The molecule has 0 saturated carbocycles. The first-order valence-corrected chi connectivity index (χ1v) is 10.1. The standard InChI is InChI=1S/C24H28N6O2.HI/c1-31-21-11-7-19(8-12-21)29-23(25)27-15-17-3-5-18(6-4-17)16-28-24(26)30-20-9-13-22(32-2)14-10-20;/h3-14H,15-16H2,1-2H3,(H3,25,27,29)(H3,26,28,30);1H. The summed E-state index contributed by atoms with van der Waals surface area (Å²) in [6.07, 6.45) is 0. The van der Waals surface area contributed by atoms with Crippen molar-refractivity contribution in [1.82, 2.24) is 0 Å². The van der Waals surface area contributed by atoms with Gasteiger partial charge in [0.25, 0.3) is 0 Å². The van der Waals surface area contributed by atoms with Crippen LogP contribution < -0.4 is 31.6 Å². The van der Waals surface area contributed by atoms with E-state index in [-0.39, 0.29) is 24.0 Å². The van der Waals surface area contributed by atoms with Crippen LogP contribution in [0.2, 0.25) is 0 Å². The second-order valence-electron chi connectivity index (χ2n) is 6.93. The van der Waals surface area contributed by atoms with Crippen LogP contribution in [0.25, 0.3) is 0 Å². The fraction of sp³-hybridized carbons (Fsp3) is 0.167. The molecule has 3 aromatic carbocycles. The highest BCUT2D eigenvalue weighted by Crippen LogP contribution is 2.16. The minimum Gasteiger partial charge on any atom is -0.497 e. The zero-order valence-corrected chi connectivity index (χ0v) is 20.9. The molecule has 3 rings (SSSR count). The molecule has 0 aromatic heterocycles. The zero-order valence-electron chi connectivity index (χ0n) is 18.6. The predicted octanol–water partition coefficient (Wildman–Crippen LogP) is 4.18. The third kappa shape index (κ3) is 8.53. The van der Waals surface area contributed by atoms with Crippen molar-refractivity contribution in [2.45, 2.75) is 13.1 Å². The molecule has 0 aliphatic carbocycles. The number of guanidine groups is 2. The maximum atomic E-state index is 5.98. The van der Waals surface area contributed by atoms with Gasteiger partial charge in [-0.3, -0.25) is 0 Å². The van der Waals surface area contributed by atoms with Gasteiger partial charge in [-0.05, 0) is 59.7 Å². The smallest absolute Gasteiger partial charge is 0.193 e. The lowest BCUT2D eigenvalue weighted by atomic mass is 10.1. The number of nitrogens with zero attached hydrogens (tertiary/aromatic N) is 2. The van der Waals surface area contributed by atoms with E-state index in [1.807, 2.05) is 72.8 Å². The van der Waals surface area contributed by atoms with Gasteiger partial charge < -0.3 is 31.6 Å². The van der Waals surface area contributed by atoms with E-state index >= 15 is 0 Å². The van der Waals surface area contributed by atoms with Gasteiger partial charge in [-0.1, -0.05) is 24.3 Å². The van der Waals surface area contributed by atoms with E-state index in [0.29, 0.717) is 25.0 Å². The lowest BCUT2D eigenvalue weighted by Gasteiger charge is -2.07. The summed E-state index contributed by atoms with van der Waals surface area (Å²) < 4.78 is 10.3. The molecular weight excluding hydrogens is 531 g/mol. The van der Waals surface area contributed by atoms with Gasteiger partial charge in [-0.15, -0.1) is 24.0 Å². The van der Waals surface area contributed by atoms with Gasteiger partial charge in [0.15, 0.2) is 11.9 Å². The Morgan fingerprint density at radius 1 is 0.636 bits per heavy atom. The number of benzene rings is 3. The van der Waals surface area contributed by atoms with Crippen LogP contribution in [0.4, 0.5) is 11.4 Å². The van der Waals surface area contributed by atoms with Gasteiger partial charge in [0.05, 0.1) is 27.3 Å². The molecule has 8 nitrogen and oxygen atoms in total. The van der Waals surface area contributed by atoms with Crippen LogP contribution in [-0.4, -0.2) is 26.1 Å². The van der Waals surface area contributed by atoms with Gasteiger partial charge in [0.2, 0.25) is 0 Å². The van der Waals surface area contributed by atoms with Gasteiger partial charge in [-0.2, -0.15) is 0 Å². The molecule has 0 amide bonds. The highest BCUT2D eigenvalue weighted by Gasteiger charge is 1.99. The number of ether oxygens (including phenoxy) is 2. The van der Waals surface area contributed by atoms with Crippen LogP contribution >= 0.6 is 24.0 Å². The fourth-order valence-corrected chi connectivity index (χ4v) is 2.83. The summed E-state index contributed by atoms with van der Waals surface area (Å²) in [5.74, 6) is 2.27. The van der Waals surface area contributed by atoms with E-state index in [0.717, 1.165) is 34.0 Å². The van der Waals surface area contributed by atoms with Crippen molar-refractivity contribution < 1.29 is 9.47 Å². The van der Waals surface area contributed by atoms with Gasteiger partial charge in [-0.25, -0.2) is 9.98 Å². The van der Waals surface area contributed by atoms with Gasteiger partial charge in [0, 0.05) is 11.4 Å². The average Bonchev–Trinajstić information content (AvgIpc) is 2.83.